The van der Waals surface area contributed by atoms with Gasteiger partial charge in [-0.2, -0.15) is 0 Å². The van der Waals surface area contributed by atoms with E-state index in [-0.39, 0.29) is 12.0 Å². The smallest absolute Gasteiger partial charge is 0.257 e. The third-order valence-corrected chi connectivity index (χ3v) is 3.24. The molecule has 0 fully saturated rings. The maximum absolute atomic E-state index is 12.0. The Bertz CT molecular complexity index is 543. The molecule has 100 valence electrons. The van der Waals surface area contributed by atoms with Crippen LogP contribution in [0.5, 0.6) is 5.88 Å². The normalized spacial score (nSPS) is 11.9. The zero-order chi connectivity index (χ0) is 13.7. The molecule has 5 nitrogen and oxygen atoms in total. The number of ether oxygens (including phenoxy) is 1. The average Bonchev–Trinajstić information content (AvgIpc) is 2.91. The van der Waals surface area contributed by atoms with Crippen molar-refractivity contribution in [1.82, 2.24) is 9.97 Å². The predicted molar refractivity (Wildman–Crippen MR) is 74.7 cm³/mol. The number of anilines is 1. The third kappa shape index (κ3) is 3.75. The number of nitrogens with one attached hydrogen (secondary N) is 1. The van der Waals surface area contributed by atoms with Crippen molar-refractivity contribution in [1.29, 1.82) is 0 Å². The number of rotatable bonds is 5. The Labute approximate surface area is 115 Å². The number of thiazole rings is 1. The number of nitrogens with zero attached hydrogens (tertiary/aromatic N) is 2. The van der Waals surface area contributed by atoms with Crippen molar-refractivity contribution in [2.75, 3.05) is 5.32 Å². The van der Waals surface area contributed by atoms with Crippen LogP contribution in [0.15, 0.2) is 29.9 Å². The molecule has 19 heavy (non-hydrogen) atoms. The van der Waals surface area contributed by atoms with Gasteiger partial charge in [0.1, 0.15) is 0 Å². The molecule has 0 aliphatic carbocycles. The fourth-order valence-electron chi connectivity index (χ4n) is 1.36. The van der Waals surface area contributed by atoms with Crippen LogP contribution in [0.2, 0.25) is 0 Å². The lowest BCUT2D eigenvalue weighted by molar-refractivity contribution is 0.102. The van der Waals surface area contributed by atoms with Gasteiger partial charge in [-0.1, -0.05) is 6.92 Å². The van der Waals surface area contributed by atoms with Crippen molar-refractivity contribution in [3.63, 3.8) is 0 Å². The Morgan fingerprint density at radius 2 is 2.32 bits per heavy atom. The number of hydrogen-bond donors (Lipinski definition) is 1. The van der Waals surface area contributed by atoms with E-state index >= 15 is 0 Å². The average molecular weight is 277 g/mol. The minimum absolute atomic E-state index is 0.0739. The van der Waals surface area contributed by atoms with Crippen molar-refractivity contribution >= 4 is 22.4 Å². The first kappa shape index (κ1) is 13.5. The number of hydrogen-bond acceptors (Lipinski definition) is 5. The quantitative estimate of drug-likeness (QED) is 0.912. The standard InChI is InChI=1S/C13H15N3O2S/c1-3-9(2)18-11-8-10(4-5-14-11)12(17)16-13-15-6-7-19-13/h4-9H,3H2,1-2H3,(H,15,16,17)/t9-/m1/s1. The summed E-state index contributed by atoms with van der Waals surface area (Å²) in [7, 11) is 0. The third-order valence-electron chi connectivity index (χ3n) is 2.55. The zero-order valence-corrected chi connectivity index (χ0v) is 11.6. The summed E-state index contributed by atoms with van der Waals surface area (Å²) >= 11 is 1.37. The van der Waals surface area contributed by atoms with Crippen LogP contribution in [-0.2, 0) is 0 Å². The van der Waals surface area contributed by atoms with Crippen molar-refractivity contribution in [2.24, 2.45) is 0 Å². The van der Waals surface area contributed by atoms with Crippen LogP contribution in [0.4, 0.5) is 5.13 Å². The van der Waals surface area contributed by atoms with Crippen LogP contribution >= 0.6 is 11.3 Å². The Morgan fingerprint density at radius 3 is 3.00 bits per heavy atom. The highest BCUT2D eigenvalue weighted by atomic mass is 32.1. The molecule has 0 aliphatic rings. The topological polar surface area (TPSA) is 64.1 Å². The van der Waals surface area contributed by atoms with Crippen LogP contribution in [-0.4, -0.2) is 22.0 Å². The van der Waals surface area contributed by atoms with Gasteiger partial charge in [-0.25, -0.2) is 9.97 Å². The molecule has 1 N–H and O–H groups in total. The van der Waals surface area contributed by atoms with Crippen molar-refractivity contribution in [2.45, 2.75) is 26.4 Å². The molecule has 0 aromatic carbocycles. The fraction of sp³-hybridized carbons (Fsp3) is 0.308. The van der Waals surface area contributed by atoms with Gasteiger partial charge < -0.3 is 4.74 Å². The van der Waals surface area contributed by atoms with Crippen molar-refractivity contribution in [3.8, 4) is 5.88 Å². The molecule has 0 spiro atoms. The lowest BCUT2D eigenvalue weighted by atomic mass is 10.2. The van der Waals surface area contributed by atoms with E-state index in [9.17, 15) is 4.79 Å². The van der Waals surface area contributed by atoms with Crippen LogP contribution < -0.4 is 10.1 Å². The summed E-state index contributed by atoms with van der Waals surface area (Å²) in [5, 5.41) is 5.10. The summed E-state index contributed by atoms with van der Waals surface area (Å²) in [5.74, 6) is 0.243. The molecule has 2 aromatic heterocycles. The minimum Gasteiger partial charge on any atom is -0.475 e. The highest BCUT2D eigenvalue weighted by Gasteiger charge is 2.10. The number of aromatic nitrogens is 2. The molecule has 2 aromatic rings. The largest absolute Gasteiger partial charge is 0.475 e. The molecule has 0 radical (unpaired) electrons. The number of carbonyl (C=O) groups is 1. The van der Waals surface area contributed by atoms with Gasteiger partial charge in [0.05, 0.1) is 6.10 Å². The van der Waals surface area contributed by atoms with Gasteiger partial charge in [-0.3, -0.25) is 10.1 Å². The first-order chi connectivity index (χ1) is 9.19. The van der Waals surface area contributed by atoms with E-state index in [1.807, 2.05) is 13.8 Å². The number of carbonyl (C=O) groups excluding carboxylic acids is 1. The Balaban J connectivity index is 2.07. The molecule has 0 bridgehead atoms. The Kier molecular flexibility index (Phi) is 4.46. The van der Waals surface area contributed by atoms with Crippen LogP contribution in [0.1, 0.15) is 30.6 Å². The SMILES string of the molecule is CC[C@@H](C)Oc1cc(C(=O)Nc2nccs2)ccn1. The van der Waals surface area contributed by atoms with Gasteiger partial charge in [-0.05, 0) is 19.4 Å². The Hall–Kier alpha value is -1.95. The molecule has 2 rings (SSSR count). The summed E-state index contributed by atoms with van der Waals surface area (Å²) < 4.78 is 5.59. The number of pyridine rings is 1. The summed E-state index contributed by atoms with van der Waals surface area (Å²) in [6.45, 7) is 3.99. The van der Waals surface area contributed by atoms with Gasteiger partial charge in [0.2, 0.25) is 5.88 Å². The van der Waals surface area contributed by atoms with E-state index in [1.165, 1.54) is 11.3 Å². The van der Waals surface area contributed by atoms with Gasteiger partial charge in [0.15, 0.2) is 5.13 Å². The predicted octanol–water partition coefficient (Wildman–Crippen LogP) is 2.97. The Morgan fingerprint density at radius 1 is 1.47 bits per heavy atom. The monoisotopic (exact) mass is 277 g/mol. The van der Waals surface area contributed by atoms with Crippen LogP contribution in [0.25, 0.3) is 0 Å². The molecule has 6 heteroatoms. The lowest BCUT2D eigenvalue weighted by Crippen LogP contribution is -2.14. The van der Waals surface area contributed by atoms with E-state index in [2.05, 4.69) is 15.3 Å². The van der Waals surface area contributed by atoms with E-state index in [0.717, 1.165) is 6.42 Å². The molecule has 1 amide bonds. The zero-order valence-electron chi connectivity index (χ0n) is 10.8. The van der Waals surface area contributed by atoms with Gasteiger partial charge in [0.25, 0.3) is 5.91 Å². The summed E-state index contributed by atoms with van der Waals surface area (Å²) in [6.07, 6.45) is 4.17. The second kappa shape index (κ2) is 6.29. The molecule has 0 unspecified atom stereocenters. The molecule has 1 atom stereocenters. The van der Waals surface area contributed by atoms with Crippen LogP contribution in [0.3, 0.4) is 0 Å². The first-order valence-corrected chi connectivity index (χ1v) is 6.90. The van der Waals surface area contributed by atoms with Crippen molar-refractivity contribution < 1.29 is 9.53 Å². The van der Waals surface area contributed by atoms with E-state index in [4.69, 9.17) is 4.74 Å². The van der Waals surface area contributed by atoms with Gasteiger partial charge >= 0.3 is 0 Å². The van der Waals surface area contributed by atoms with E-state index in [0.29, 0.717) is 16.6 Å². The molecular weight excluding hydrogens is 262 g/mol. The molecule has 0 saturated heterocycles. The fourth-order valence-corrected chi connectivity index (χ4v) is 1.88. The molecule has 0 aliphatic heterocycles. The second-order valence-corrected chi connectivity index (χ2v) is 4.91. The highest BCUT2D eigenvalue weighted by molar-refractivity contribution is 7.13. The van der Waals surface area contributed by atoms with E-state index in [1.54, 1.807) is 29.9 Å². The lowest BCUT2D eigenvalue weighted by Gasteiger charge is -2.11. The highest BCUT2D eigenvalue weighted by Crippen LogP contribution is 2.15. The van der Waals surface area contributed by atoms with E-state index < -0.39 is 0 Å². The maximum atomic E-state index is 12.0. The van der Waals surface area contributed by atoms with Gasteiger partial charge in [0, 0.05) is 29.4 Å². The summed E-state index contributed by atoms with van der Waals surface area (Å²) in [6, 6.07) is 3.28. The first-order valence-electron chi connectivity index (χ1n) is 6.02. The second-order valence-electron chi connectivity index (χ2n) is 4.01. The summed E-state index contributed by atoms with van der Waals surface area (Å²) in [5.41, 5.74) is 0.503. The summed E-state index contributed by atoms with van der Waals surface area (Å²) in [4.78, 5) is 20.1. The molecule has 0 saturated carbocycles. The van der Waals surface area contributed by atoms with Gasteiger partial charge in [-0.15, -0.1) is 11.3 Å². The number of amides is 1. The van der Waals surface area contributed by atoms with Crippen LogP contribution in [0, 0.1) is 0 Å². The minimum atomic E-state index is -0.216. The van der Waals surface area contributed by atoms with Crippen molar-refractivity contribution in [3.05, 3.63) is 35.5 Å². The maximum Gasteiger partial charge on any atom is 0.257 e. The molecule has 2 heterocycles. The molecular formula is C13H15N3O2S.